The average molecular weight is 354 g/mol. The van der Waals surface area contributed by atoms with Crippen molar-refractivity contribution in [3.8, 4) is 11.1 Å². The van der Waals surface area contributed by atoms with Crippen molar-refractivity contribution in [2.24, 2.45) is 0 Å². The molecule has 0 radical (unpaired) electrons. The summed E-state index contributed by atoms with van der Waals surface area (Å²) in [4.78, 5) is 13.4. The molecule has 0 saturated heterocycles. The summed E-state index contributed by atoms with van der Waals surface area (Å²) in [6.07, 6.45) is 0. The van der Waals surface area contributed by atoms with E-state index in [4.69, 9.17) is 0 Å². The van der Waals surface area contributed by atoms with Gasteiger partial charge in [-0.3, -0.25) is 4.79 Å². The van der Waals surface area contributed by atoms with E-state index in [-0.39, 0.29) is 5.78 Å². The van der Waals surface area contributed by atoms with Crippen molar-refractivity contribution >= 4 is 16.9 Å². The summed E-state index contributed by atoms with van der Waals surface area (Å²) in [5, 5.41) is 0. The lowest BCUT2D eigenvalue weighted by atomic mass is 9.94. The zero-order valence-corrected chi connectivity index (χ0v) is 17.0. The molecule has 1 aromatic carbocycles. The van der Waals surface area contributed by atoms with E-state index in [2.05, 4.69) is 65.0 Å². The summed E-state index contributed by atoms with van der Waals surface area (Å²) in [7, 11) is 0. The quantitative estimate of drug-likeness (QED) is 0.486. The molecule has 0 atom stereocenters. The predicted molar refractivity (Wildman–Crippen MR) is 115 cm³/mol. The minimum atomic E-state index is 0.169. The fraction of sp³-hybridized carbons (Fsp3) is 0.269. The summed E-state index contributed by atoms with van der Waals surface area (Å²) >= 11 is 0. The van der Waals surface area contributed by atoms with Crippen LogP contribution in [0.3, 0.4) is 0 Å². The van der Waals surface area contributed by atoms with Crippen LogP contribution >= 0.6 is 0 Å². The van der Waals surface area contributed by atoms with Crippen LogP contribution in [0.4, 0.5) is 0 Å². The normalized spacial score (nSPS) is 13.8. The maximum absolute atomic E-state index is 13.4. The number of rotatable bonds is 2. The van der Waals surface area contributed by atoms with Gasteiger partial charge in [0.05, 0.1) is 0 Å². The Morgan fingerprint density at radius 2 is 1.41 bits per heavy atom. The molecule has 0 amide bonds. The summed E-state index contributed by atoms with van der Waals surface area (Å²) in [5.74, 6) is 0.640. The second-order valence-electron chi connectivity index (χ2n) is 8.17. The minimum absolute atomic E-state index is 0.169. The van der Waals surface area contributed by atoms with Crippen LogP contribution in [0.1, 0.15) is 70.4 Å². The highest BCUT2D eigenvalue weighted by Gasteiger charge is 2.32. The molecule has 1 nitrogen and oxygen atoms in total. The highest BCUT2D eigenvalue weighted by Crippen LogP contribution is 2.46. The first-order valence-electron chi connectivity index (χ1n) is 9.71. The average Bonchev–Trinajstić information content (AvgIpc) is 2.97. The van der Waals surface area contributed by atoms with Crippen LogP contribution in [0, 0.1) is 20.8 Å². The Hall–Kier alpha value is -2.67. The van der Waals surface area contributed by atoms with E-state index in [9.17, 15) is 4.79 Å². The summed E-state index contributed by atoms with van der Waals surface area (Å²) < 4.78 is 0. The highest BCUT2D eigenvalue weighted by molar-refractivity contribution is 6.41. The Labute approximate surface area is 162 Å². The maximum atomic E-state index is 13.4. The van der Waals surface area contributed by atoms with Crippen LogP contribution in [0.5, 0.6) is 0 Å². The lowest BCUT2D eigenvalue weighted by Crippen LogP contribution is -2.01. The van der Waals surface area contributed by atoms with Crippen molar-refractivity contribution in [2.45, 2.75) is 47.5 Å². The van der Waals surface area contributed by atoms with Gasteiger partial charge in [-0.15, -0.1) is 0 Å². The van der Waals surface area contributed by atoms with Crippen molar-refractivity contribution in [1.29, 1.82) is 0 Å². The molecule has 0 N–H and O–H groups in total. The third-order valence-corrected chi connectivity index (χ3v) is 6.00. The Morgan fingerprint density at radius 3 is 2.07 bits per heavy atom. The van der Waals surface area contributed by atoms with E-state index < -0.39 is 0 Å². The van der Waals surface area contributed by atoms with E-state index in [0.717, 1.165) is 33.4 Å². The molecule has 0 aromatic heterocycles. The van der Waals surface area contributed by atoms with Crippen LogP contribution in [-0.2, 0) is 0 Å². The standard InChI is InChI=1S/C26H26O/c1-14(2)19-11-10-16(4)23-21(13-19)17(5)12-22(23)25-18(6)20-9-7-8-15(3)24(20)26(25)27/h7-14H,1-6H3. The molecule has 3 aliphatic rings. The summed E-state index contributed by atoms with van der Waals surface area (Å²) in [6, 6.07) is 15.1. The number of fused-ring (bicyclic) bond motifs is 2. The second-order valence-corrected chi connectivity index (χ2v) is 8.17. The number of carbonyl (C=O) groups excluding carboxylic acids is 1. The molecular weight excluding hydrogens is 328 g/mol. The van der Waals surface area contributed by atoms with Gasteiger partial charge in [0.1, 0.15) is 0 Å². The van der Waals surface area contributed by atoms with Gasteiger partial charge >= 0.3 is 0 Å². The molecule has 136 valence electrons. The Bertz CT molecular complexity index is 1100. The van der Waals surface area contributed by atoms with E-state index in [1.807, 2.05) is 19.1 Å². The van der Waals surface area contributed by atoms with Crippen LogP contribution in [-0.4, -0.2) is 5.78 Å². The number of hydrogen-bond donors (Lipinski definition) is 0. The van der Waals surface area contributed by atoms with Gasteiger partial charge in [0, 0.05) is 11.1 Å². The fourth-order valence-corrected chi connectivity index (χ4v) is 4.43. The molecule has 0 aliphatic heterocycles. The van der Waals surface area contributed by atoms with Gasteiger partial charge in [-0.05, 0) is 83.7 Å². The van der Waals surface area contributed by atoms with Crippen LogP contribution in [0.25, 0.3) is 22.3 Å². The van der Waals surface area contributed by atoms with Gasteiger partial charge < -0.3 is 0 Å². The van der Waals surface area contributed by atoms with E-state index in [1.54, 1.807) is 0 Å². The molecule has 4 rings (SSSR count). The van der Waals surface area contributed by atoms with Gasteiger partial charge in [-0.1, -0.05) is 56.3 Å². The highest BCUT2D eigenvalue weighted by atomic mass is 16.1. The number of allylic oxidation sites excluding steroid dienone is 2. The first kappa shape index (κ1) is 17.7. The van der Waals surface area contributed by atoms with Gasteiger partial charge in [0.25, 0.3) is 0 Å². The monoisotopic (exact) mass is 354 g/mol. The van der Waals surface area contributed by atoms with Gasteiger partial charge in [0.2, 0.25) is 0 Å². The lowest BCUT2D eigenvalue weighted by molar-refractivity contribution is 0.105. The number of hydrogen-bond acceptors (Lipinski definition) is 1. The largest absolute Gasteiger partial charge is 0.289 e. The zero-order chi connectivity index (χ0) is 19.5. The number of ketones is 1. The molecule has 0 bridgehead atoms. The van der Waals surface area contributed by atoms with Crippen molar-refractivity contribution in [3.63, 3.8) is 0 Å². The zero-order valence-electron chi connectivity index (χ0n) is 17.0. The first-order chi connectivity index (χ1) is 12.8. The molecule has 0 saturated carbocycles. The van der Waals surface area contributed by atoms with Gasteiger partial charge in [-0.25, -0.2) is 0 Å². The SMILES string of the molecule is CC1=C(c2cc(C)c3cc(C(C)C)ccc(C)c2-3)C(=O)c2c(C)cccc21. The van der Waals surface area contributed by atoms with Crippen molar-refractivity contribution in [2.75, 3.05) is 0 Å². The number of Topliss-reactive ketones (excluding diaryl/α,β-unsaturated/α-hetero) is 1. The maximum Gasteiger partial charge on any atom is 0.194 e. The smallest absolute Gasteiger partial charge is 0.194 e. The Kier molecular flexibility index (Phi) is 4.07. The Balaban J connectivity index is 1.99. The van der Waals surface area contributed by atoms with E-state index in [1.165, 1.54) is 27.8 Å². The van der Waals surface area contributed by atoms with Crippen LogP contribution in [0.15, 0.2) is 42.5 Å². The topological polar surface area (TPSA) is 17.1 Å². The Morgan fingerprint density at radius 1 is 0.704 bits per heavy atom. The fourth-order valence-electron chi connectivity index (χ4n) is 4.43. The third-order valence-electron chi connectivity index (χ3n) is 6.00. The molecule has 1 aromatic rings. The van der Waals surface area contributed by atoms with E-state index >= 15 is 0 Å². The summed E-state index contributed by atoms with van der Waals surface area (Å²) in [5.41, 5.74) is 12.3. The van der Waals surface area contributed by atoms with Crippen LogP contribution < -0.4 is 0 Å². The van der Waals surface area contributed by atoms with Crippen molar-refractivity contribution in [3.05, 3.63) is 81.4 Å². The first-order valence-corrected chi connectivity index (χ1v) is 9.71. The number of carbonyl (C=O) groups is 1. The number of aryl methyl sites for hydroxylation is 3. The van der Waals surface area contributed by atoms with E-state index in [0.29, 0.717) is 5.92 Å². The molecule has 0 heterocycles. The minimum Gasteiger partial charge on any atom is -0.289 e. The molecular formula is C26H26O. The third kappa shape index (κ3) is 2.56. The molecule has 1 heteroatoms. The molecule has 27 heavy (non-hydrogen) atoms. The van der Waals surface area contributed by atoms with Crippen molar-refractivity contribution < 1.29 is 4.79 Å². The summed E-state index contributed by atoms with van der Waals surface area (Å²) in [6.45, 7) is 12.9. The van der Waals surface area contributed by atoms with Gasteiger partial charge in [-0.2, -0.15) is 0 Å². The lowest BCUT2D eigenvalue weighted by Gasteiger charge is -2.08. The molecule has 3 aliphatic carbocycles. The van der Waals surface area contributed by atoms with Gasteiger partial charge in [0.15, 0.2) is 5.78 Å². The second kappa shape index (κ2) is 6.20. The van der Waals surface area contributed by atoms with Crippen molar-refractivity contribution in [1.82, 2.24) is 0 Å². The van der Waals surface area contributed by atoms with Crippen LogP contribution in [0.2, 0.25) is 0 Å². The molecule has 0 fully saturated rings. The molecule has 0 unspecified atom stereocenters. The number of benzene rings is 1. The molecule has 0 spiro atoms. The predicted octanol–water partition coefficient (Wildman–Crippen LogP) is 6.97.